The van der Waals surface area contributed by atoms with Gasteiger partial charge in [0.1, 0.15) is 0 Å². The van der Waals surface area contributed by atoms with Gasteiger partial charge in [0.25, 0.3) is 0 Å². The minimum absolute atomic E-state index is 0.579. The van der Waals surface area contributed by atoms with Crippen LogP contribution in [-0.2, 0) is 0 Å². The lowest BCUT2D eigenvalue weighted by atomic mass is 10.1. The number of hydrogen-bond acceptors (Lipinski definition) is 2. The molecule has 0 radical (unpaired) electrons. The molecule has 0 aromatic rings. The Bertz CT molecular complexity index is 194. The third-order valence-corrected chi connectivity index (χ3v) is 2.94. The molecular formula is C12H20OS. The van der Waals surface area contributed by atoms with E-state index >= 15 is 0 Å². The van der Waals surface area contributed by atoms with Crippen LogP contribution in [0.15, 0.2) is 22.8 Å². The van der Waals surface area contributed by atoms with Gasteiger partial charge in [-0.2, -0.15) is 0 Å². The highest BCUT2D eigenvalue weighted by Gasteiger charge is 1.98. The van der Waals surface area contributed by atoms with Crippen LogP contribution in [0.3, 0.4) is 0 Å². The Hall–Kier alpha value is -0.370. The van der Waals surface area contributed by atoms with Crippen molar-refractivity contribution in [2.45, 2.75) is 51.4 Å². The van der Waals surface area contributed by atoms with Gasteiger partial charge in [-0.25, -0.2) is 0 Å². The molecular weight excluding hydrogens is 192 g/mol. The number of aliphatic hydroxyl groups is 1. The summed E-state index contributed by atoms with van der Waals surface area (Å²) in [5.41, 5.74) is 0. The quantitative estimate of drug-likeness (QED) is 0.571. The molecule has 0 saturated carbocycles. The summed E-state index contributed by atoms with van der Waals surface area (Å²) in [5, 5.41) is 9.49. The molecule has 1 rings (SSSR count). The van der Waals surface area contributed by atoms with Crippen LogP contribution in [0.1, 0.15) is 51.4 Å². The lowest BCUT2D eigenvalue weighted by Gasteiger charge is -2.04. The first-order valence-electron chi connectivity index (χ1n) is 5.55. The summed E-state index contributed by atoms with van der Waals surface area (Å²) in [6.07, 6.45) is 12.8. The zero-order chi connectivity index (χ0) is 10.2. The van der Waals surface area contributed by atoms with Gasteiger partial charge in [0, 0.05) is 6.42 Å². The summed E-state index contributed by atoms with van der Waals surface area (Å²) in [6.45, 7) is 0. The Morgan fingerprint density at radius 2 is 1.57 bits per heavy atom. The third kappa shape index (κ3) is 5.38. The monoisotopic (exact) mass is 212 g/mol. The van der Waals surface area contributed by atoms with Crippen LogP contribution in [0.4, 0.5) is 0 Å². The van der Waals surface area contributed by atoms with Crippen LogP contribution < -0.4 is 0 Å². The van der Waals surface area contributed by atoms with E-state index in [-0.39, 0.29) is 0 Å². The number of rotatable bonds is 0. The van der Waals surface area contributed by atoms with Gasteiger partial charge in [-0.1, -0.05) is 6.08 Å². The van der Waals surface area contributed by atoms with Crippen LogP contribution >= 0.6 is 12.6 Å². The molecule has 1 aliphatic rings. The Labute approximate surface area is 92.3 Å². The molecule has 0 saturated heterocycles. The van der Waals surface area contributed by atoms with Crippen LogP contribution in [0.25, 0.3) is 0 Å². The molecule has 1 nitrogen and oxygen atoms in total. The Morgan fingerprint density at radius 3 is 2.36 bits per heavy atom. The maximum absolute atomic E-state index is 9.49. The number of hydrogen-bond donors (Lipinski definition) is 2. The van der Waals surface area contributed by atoms with Gasteiger partial charge >= 0.3 is 0 Å². The largest absolute Gasteiger partial charge is 0.513 e. The van der Waals surface area contributed by atoms with Gasteiger partial charge < -0.3 is 5.11 Å². The smallest absolute Gasteiger partial charge is 0.0882 e. The molecule has 1 N–H and O–H groups in total. The third-order valence-electron chi connectivity index (χ3n) is 2.53. The van der Waals surface area contributed by atoms with E-state index in [1.807, 2.05) is 6.08 Å². The average molecular weight is 212 g/mol. The van der Waals surface area contributed by atoms with E-state index in [1.165, 1.54) is 17.7 Å². The van der Waals surface area contributed by atoms with Crippen molar-refractivity contribution in [3.63, 3.8) is 0 Å². The summed E-state index contributed by atoms with van der Waals surface area (Å²) in [7, 11) is 0. The molecule has 0 aromatic heterocycles. The Balaban J connectivity index is 2.38. The minimum Gasteiger partial charge on any atom is -0.513 e. The second-order valence-electron chi connectivity index (χ2n) is 3.88. The fraction of sp³-hybridized carbons (Fsp3) is 0.667. The topological polar surface area (TPSA) is 20.2 Å². The zero-order valence-corrected chi connectivity index (χ0v) is 9.60. The lowest BCUT2D eigenvalue weighted by Crippen LogP contribution is -1.86. The van der Waals surface area contributed by atoms with Crippen molar-refractivity contribution in [2.24, 2.45) is 0 Å². The van der Waals surface area contributed by atoms with E-state index in [9.17, 15) is 5.11 Å². The van der Waals surface area contributed by atoms with E-state index in [0.29, 0.717) is 5.76 Å². The molecule has 2 heteroatoms. The molecule has 0 aromatic carbocycles. The molecule has 0 amide bonds. The highest BCUT2D eigenvalue weighted by Crippen LogP contribution is 2.17. The SMILES string of the molecule is O/C1=C/CCCC/C=C(/S)CCCC1. The summed E-state index contributed by atoms with van der Waals surface area (Å²) < 4.78 is 0. The molecule has 0 unspecified atom stereocenters. The van der Waals surface area contributed by atoms with Gasteiger partial charge in [0.05, 0.1) is 5.76 Å². The van der Waals surface area contributed by atoms with Gasteiger partial charge in [-0.05, 0) is 55.9 Å². The van der Waals surface area contributed by atoms with Crippen LogP contribution in [0, 0.1) is 0 Å². The van der Waals surface area contributed by atoms with E-state index in [1.54, 1.807) is 0 Å². The van der Waals surface area contributed by atoms with Crippen LogP contribution in [0.2, 0.25) is 0 Å². The number of allylic oxidation sites excluding steroid dienone is 4. The molecule has 0 atom stereocenters. The zero-order valence-electron chi connectivity index (χ0n) is 8.71. The van der Waals surface area contributed by atoms with E-state index in [0.717, 1.165) is 38.5 Å². The maximum Gasteiger partial charge on any atom is 0.0882 e. The van der Waals surface area contributed by atoms with Gasteiger partial charge in [-0.15, -0.1) is 12.6 Å². The average Bonchev–Trinajstić information content (AvgIpc) is 2.16. The highest BCUT2D eigenvalue weighted by atomic mass is 32.1. The predicted molar refractivity (Wildman–Crippen MR) is 64.7 cm³/mol. The normalized spacial score (nSPS) is 28.9. The molecule has 0 aliphatic heterocycles. The van der Waals surface area contributed by atoms with E-state index in [2.05, 4.69) is 18.7 Å². The second-order valence-corrected chi connectivity index (χ2v) is 4.46. The molecule has 0 spiro atoms. The summed E-state index contributed by atoms with van der Waals surface area (Å²) in [6, 6.07) is 0. The van der Waals surface area contributed by atoms with E-state index < -0.39 is 0 Å². The van der Waals surface area contributed by atoms with Crippen molar-refractivity contribution in [3.8, 4) is 0 Å². The lowest BCUT2D eigenvalue weighted by molar-refractivity contribution is 0.378. The first kappa shape index (κ1) is 11.7. The van der Waals surface area contributed by atoms with Crippen LogP contribution in [0.5, 0.6) is 0 Å². The van der Waals surface area contributed by atoms with Gasteiger partial charge in [0.2, 0.25) is 0 Å². The predicted octanol–water partition coefficient (Wildman–Crippen LogP) is 4.38. The molecule has 1 aliphatic carbocycles. The first-order chi connectivity index (χ1) is 6.79. The van der Waals surface area contributed by atoms with Crippen molar-refractivity contribution >= 4 is 12.6 Å². The van der Waals surface area contributed by atoms with Crippen LogP contribution in [-0.4, -0.2) is 5.11 Å². The van der Waals surface area contributed by atoms with E-state index in [4.69, 9.17) is 0 Å². The fourth-order valence-electron chi connectivity index (χ4n) is 1.64. The Kier molecular flexibility index (Phi) is 5.85. The summed E-state index contributed by atoms with van der Waals surface area (Å²) >= 11 is 4.43. The summed E-state index contributed by atoms with van der Waals surface area (Å²) in [4.78, 5) is 1.22. The van der Waals surface area contributed by atoms with Crippen molar-refractivity contribution < 1.29 is 5.11 Å². The molecule has 0 heterocycles. The molecule has 14 heavy (non-hydrogen) atoms. The Morgan fingerprint density at radius 1 is 0.929 bits per heavy atom. The van der Waals surface area contributed by atoms with Crippen molar-refractivity contribution in [2.75, 3.05) is 0 Å². The van der Waals surface area contributed by atoms with Crippen molar-refractivity contribution in [3.05, 3.63) is 22.8 Å². The molecule has 0 bridgehead atoms. The number of aliphatic hydroxyl groups excluding tert-OH is 1. The maximum atomic E-state index is 9.49. The second kappa shape index (κ2) is 6.99. The summed E-state index contributed by atoms with van der Waals surface area (Å²) in [5.74, 6) is 0.579. The molecule has 0 fully saturated rings. The number of thiol groups is 1. The fourth-order valence-corrected chi connectivity index (χ4v) is 1.93. The van der Waals surface area contributed by atoms with Crippen molar-refractivity contribution in [1.29, 1.82) is 0 Å². The van der Waals surface area contributed by atoms with Crippen molar-refractivity contribution in [1.82, 2.24) is 0 Å². The van der Waals surface area contributed by atoms with Gasteiger partial charge in [-0.3, -0.25) is 0 Å². The van der Waals surface area contributed by atoms with Gasteiger partial charge in [0.15, 0.2) is 0 Å². The first-order valence-corrected chi connectivity index (χ1v) is 6.00. The minimum atomic E-state index is 0.579. The highest BCUT2D eigenvalue weighted by molar-refractivity contribution is 7.84. The standard InChI is InChI=1S/C12H20OS/c13-11-7-3-1-2-4-9-12(14)10-6-5-8-11/h7,9,13-14H,1-6,8,10H2/b11-7+,12-9+. The molecule has 80 valence electrons.